The Hall–Kier alpha value is -0.170. The van der Waals surface area contributed by atoms with Crippen molar-refractivity contribution >= 4 is 10.2 Å². The Morgan fingerprint density at radius 3 is 2.12 bits per heavy atom. The van der Waals surface area contributed by atoms with Gasteiger partial charge >= 0.3 is 0 Å². The van der Waals surface area contributed by atoms with Crippen LogP contribution in [0.25, 0.3) is 0 Å². The maximum atomic E-state index is 12.3. The van der Waals surface area contributed by atoms with Crippen LogP contribution in [0.5, 0.6) is 0 Å². The highest BCUT2D eigenvalue weighted by atomic mass is 32.2. The molecule has 0 spiro atoms. The molecule has 0 aromatic heterocycles. The molecule has 1 atom stereocenters. The van der Waals surface area contributed by atoms with Crippen LogP contribution in [0.1, 0.15) is 39.0 Å². The number of aliphatic hydroxyl groups is 1. The van der Waals surface area contributed by atoms with Crippen molar-refractivity contribution in [2.45, 2.75) is 44.6 Å². The Bertz CT molecular complexity index is 361. The molecule has 0 aromatic rings. The number of hydrogen-bond acceptors (Lipinski definition) is 3. The second kappa shape index (κ2) is 4.84. The summed E-state index contributed by atoms with van der Waals surface area (Å²) in [5, 5.41) is 9.97. The predicted molar refractivity (Wildman–Crippen MR) is 65.8 cm³/mol. The summed E-state index contributed by atoms with van der Waals surface area (Å²) in [5.74, 6) is 0. The van der Waals surface area contributed by atoms with Crippen molar-refractivity contribution in [3.63, 3.8) is 0 Å². The summed E-state index contributed by atoms with van der Waals surface area (Å²) in [4.78, 5) is 0. The third-order valence-corrected chi connectivity index (χ3v) is 5.78. The average molecular weight is 262 g/mol. The molecular formula is C11H22N2O3S. The smallest absolute Gasteiger partial charge is 0.281 e. The molecule has 5 nitrogen and oxygen atoms in total. The molecule has 2 aliphatic heterocycles. The van der Waals surface area contributed by atoms with Crippen LogP contribution in [-0.4, -0.2) is 53.9 Å². The molecule has 17 heavy (non-hydrogen) atoms. The van der Waals surface area contributed by atoms with E-state index in [-0.39, 0.29) is 0 Å². The molecule has 1 unspecified atom stereocenters. The molecule has 100 valence electrons. The van der Waals surface area contributed by atoms with Gasteiger partial charge in [0.1, 0.15) is 0 Å². The van der Waals surface area contributed by atoms with Crippen LogP contribution in [0.4, 0.5) is 0 Å². The maximum Gasteiger partial charge on any atom is 0.281 e. The van der Waals surface area contributed by atoms with Gasteiger partial charge in [0.25, 0.3) is 10.2 Å². The lowest BCUT2D eigenvalue weighted by Gasteiger charge is -2.26. The molecule has 2 saturated heterocycles. The minimum atomic E-state index is -3.28. The maximum absolute atomic E-state index is 12.3. The van der Waals surface area contributed by atoms with Crippen LogP contribution < -0.4 is 0 Å². The summed E-state index contributed by atoms with van der Waals surface area (Å²) in [6.45, 7) is 4.06. The van der Waals surface area contributed by atoms with Crippen LogP contribution in [0.15, 0.2) is 0 Å². The minimum absolute atomic E-state index is 0.436. The standard InChI is InChI=1S/C11H22N2O3S/c1-11(14)5-4-9-13(10-6-11)17(15,16)12-7-2-3-8-12/h14H,2-10H2,1H3. The zero-order valence-electron chi connectivity index (χ0n) is 10.4. The summed E-state index contributed by atoms with van der Waals surface area (Å²) in [7, 11) is -3.28. The number of rotatable bonds is 2. The Balaban J connectivity index is 2.06. The van der Waals surface area contributed by atoms with Gasteiger partial charge in [-0.05, 0) is 39.0 Å². The van der Waals surface area contributed by atoms with E-state index in [1.165, 1.54) is 0 Å². The molecule has 0 aromatic carbocycles. The number of hydrogen-bond donors (Lipinski definition) is 1. The van der Waals surface area contributed by atoms with Gasteiger partial charge in [-0.25, -0.2) is 0 Å². The van der Waals surface area contributed by atoms with Crippen LogP contribution >= 0.6 is 0 Å². The lowest BCUT2D eigenvalue weighted by molar-refractivity contribution is 0.0464. The lowest BCUT2D eigenvalue weighted by atomic mass is 9.98. The van der Waals surface area contributed by atoms with Crippen LogP contribution in [-0.2, 0) is 10.2 Å². The van der Waals surface area contributed by atoms with Gasteiger partial charge in [-0.1, -0.05) is 0 Å². The second-order valence-corrected chi connectivity index (χ2v) is 7.29. The Morgan fingerprint density at radius 2 is 1.47 bits per heavy atom. The van der Waals surface area contributed by atoms with E-state index in [4.69, 9.17) is 0 Å². The van der Waals surface area contributed by atoms with Crippen molar-refractivity contribution in [1.29, 1.82) is 0 Å². The Kier molecular flexibility index (Phi) is 3.77. The van der Waals surface area contributed by atoms with Crippen LogP contribution in [0.2, 0.25) is 0 Å². The van der Waals surface area contributed by atoms with Crippen LogP contribution in [0, 0.1) is 0 Å². The van der Waals surface area contributed by atoms with E-state index in [0.29, 0.717) is 39.0 Å². The van der Waals surface area contributed by atoms with Gasteiger partial charge in [0.15, 0.2) is 0 Å². The first kappa shape index (κ1) is 13.3. The third kappa shape index (κ3) is 2.99. The first-order chi connectivity index (χ1) is 7.92. The predicted octanol–water partition coefficient (Wildman–Crippen LogP) is 0.564. The zero-order chi connectivity index (χ0) is 12.5. The van der Waals surface area contributed by atoms with E-state index in [1.54, 1.807) is 15.5 Å². The van der Waals surface area contributed by atoms with Crippen molar-refractivity contribution in [2.75, 3.05) is 26.2 Å². The van der Waals surface area contributed by atoms with E-state index in [0.717, 1.165) is 19.3 Å². The average Bonchev–Trinajstić information content (AvgIpc) is 2.70. The van der Waals surface area contributed by atoms with Crippen molar-refractivity contribution < 1.29 is 13.5 Å². The summed E-state index contributed by atoms with van der Waals surface area (Å²) in [6.07, 6.45) is 3.87. The van der Waals surface area contributed by atoms with Gasteiger partial charge < -0.3 is 5.11 Å². The van der Waals surface area contributed by atoms with Gasteiger partial charge in [0.2, 0.25) is 0 Å². The highest BCUT2D eigenvalue weighted by Gasteiger charge is 2.35. The van der Waals surface area contributed by atoms with Crippen molar-refractivity contribution in [3.05, 3.63) is 0 Å². The van der Waals surface area contributed by atoms with E-state index in [1.807, 2.05) is 0 Å². The van der Waals surface area contributed by atoms with Gasteiger partial charge in [-0.2, -0.15) is 17.0 Å². The second-order valence-electron chi connectivity index (χ2n) is 5.36. The van der Waals surface area contributed by atoms with Gasteiger partial charge in [0.05, 0.1) is 5.60 Å². The molecule has 1 N–H and O–H groups in total. The van der Waals surface area contributed by atoms with E-state index >= 15 is 0 Å². The molecule has 0 amide bonds. The van der Waals surface area contributed by atoms with Crippen molar-refractivity contribution in [2.24, 2.45) is 0 Å². The van der Waals surface area contributed by atoms with Crippen LogP contribution in [0.3, 0.4) is 0 Å². The van der Waals surface area contributed by atoms with E-state index < -0.39 is 15.8 Å². The fourth-order valence-corrected chi connectivity index (χ4v) is 4.28. The van der Waals surface area contributed by atoms with Gasteiger partial charge in [-0.3, -0.25) is 0 Å². The molecular weight excluding hydrogens is 240 g/mol. The Morgan fingerprint density at radius 1 is 0.941 bits per heavy atom. The summed E-state index contributed by atoms with van der Waals surface area (Å²) < 4.78 is 27.8. The van der Waals surface area contributed by atoms with Crippen molar-refractivity contribution in [1.82, 2.24) is 8.61 Å². The highest BCUT2D eigenvalue weighted by molar-refractivity contribution is 7.86. The fourth-order valence-electron chi connectivity index (χ4n) is 2.55. The fraction of sp³-hybridized carbons (Fsp3) is 1.00. The van der Waals surface area contributed by atoms with E-state index in [9.17, 15) is 13.5 Å². The molecule has 2 fully saturated rings. The topological polar surface area (TPSA) is 60.9 Å². The molecule has 2 aliphatic rings. The highest BCUT2D eigenvalue weighted by Crippen LogP contribution is 2.25. The summed E-state index contributed by atoms with van der Waals surface area (Å²) >= 11 is 0. The molecule has 0 radical (unpaired) electrons. The molecule has 0 aliphatic carbocycles. The van der Waals surface area contributed by atoms with Gasteiger partial charge in [0, 0.05) is 26.2 Å². The first-order valence-electron chi connectivity index (χ1n) is 6.39. The molecule has 0 bridgehead atoms. The number of nitrogens with zero attached hydrogens (tertiary/aromatic N) is 2. The third-order valence-electron chi connectivity index (χ3n) is 3.74. The SMILES string of the molecule is CC1(O)CCCN(S(=O)(=O)N2CCCC2)CC1. The first-order valence-corrected chi connectivity index (χ1v) is 7.79. The van der Waals surface area contributed by atoms with E-state index in [2.05, 4.69) is 0 Å². The van der Waals surface area contributed by atoms with Crippen molar-refractivity contribution in [3.8, 4) is 0 Å². The monoisotopic (exact) mass is 262 g/mol. The molecule has 0 saturated carbocycles. The zero-order valence-corrected chi connectivity index (χ0v) is 11.2. The largest absolute Gasteiger partial charge is 0.390 e. The Labute approximate surface area is 104 Å². The van der Waals surface area contributed by atoms with Gasteiger partial charge in [-0.15, -0.1) is 0 Å². The lowest BCUT2D eigenvalue weighted by Crippen LogP contribution is -2.43. The molecule has 2 heterocycles. The summed E-state index contributed by atoms with van der Waals surface area (Å²) in [6, 6.07) is 0. The summed E-state index contributed by atoms with van der Waals surface area (Å²) in [5.41, 5.74) is -0.713. The normalized spacial score (nSPS) is 33.8. The molecule has 2 rings (SSSR count). The minimum Gasteiger partial charge on any atom is -0.390 e. The quantitative estimate of drug-likeness (QED) is 0.791. The molecule has 6 heteroatoms.